The lowest BCUT2D eigenvalue weighted by Gasteiger charge is -2.12. The molecule has 2 aliphatic carbocycles. The minimum absolute atomic E-state index is 0.250. The molecule has 2 heterocycles. The van der Waals surface area contributed by atoms with Crippen molar-refractivity contribution in [1.82, 2.24) is 24.7 Å². The summed E-state index contributed by atoms with van der Waals surface area (Å²) in [5.74, 6) is 1.76. The first kappa shape index (κ1) is 22.7. The normalized spacial score (nSPS) is 17.5. The van der Waals surface area contributed by atoms with Crippen LogP contribution in [0, 0.1) is 0 Å². The van der Waals surface area contributed by atoms with Crippen LogP contribution in [0.5, 0.6) is 0 Å². The average molecular weight is 477 g/mol. The topological polar surface area (TPSA) is 95.6 Å². The Morgan fingerprint density at radius 2 is 2.12 bits per heavy atom. The molecule has 0 amide bonds. The maximum Gasteiger partial charge on any atom is 0.223 e. The second kappa shape index (κ2) is 9.95. The average Bonchev–Trinajstić information content (AvgIpc) is 3.54. The van der Waals surface area contributed by atoms with Crippen LogP contribution in [0.4, 0.5) is 10.3 Å². The molecular weight excluding hydrogens is 451 g/mol. The molecule has 1 fully saturated rings. The summed E-state index contributed by atoms with van der Waals surface area (Å²) in [6, 6.07) is 1.81. The quantitative estimate of drug-likeness (QED) is 0.477. The fraction of sp³-hybridized carbons (Fsp3) is 0.409. The number of aromatic nitrogens is 4. The van der Waals surface area contributed by atoms with Crippen LogP contribution in [0.1, 0.15) is 57.0 Å². The number of rotatable bonds is 9. The first-order valence-electron chi connectivity index (χ1n) is 10.8. The monoisotopic (exact) mass is 476 g/mol. The van der Waals surface area contributed by atoms with Crippen molar-refractivity contribution in [2.75, 3.05) is 17.6 Å². The van der Waals surface area contributed by atoms with Crippen LogP contribution in [0.3, 0.4) is 0 Å². The molecule has 0 bridgehead atoms. The molecule has 2 aromatic rings. The fourth-order valence-corrected chi connectivity index (χ4v) is 4.64. The van der Waals surface area contributed by atoms with Gasteiger partial charge in [0.05, 0.1) is 27.8 Å². The molecule has 3 N–H and O–H groups in total. The summed E-state index contributed by atoms with van der Waals surface area (Å²) >= 11 is 6.76. The molecular formula is C22H26ClFN6OS. The number of allylic oxidation sites excluding steroid dienone is 5. The molecule has 170 valence electrons. The van der Waals surface area contributed by atoms with E-state index in [-0.39, 0.29) is 12.1 Å². The van der Waals surface area contributed by atoms with Gasteiger partial charge in [0.2, 0.25) is 5.95 Å². The zero-order valence-corrected chi connectivity index (χ0v) is 19.6. The second-order valence-corrected chi connectivity index (χ2v) is 9.39. The third-order valence-electron chi connectivity index (χ3n) is 5.12. The van der Waals surface area contributed by atoms with Gasteiger partial charge in [0.1, 0.15) is 22.6 Å². The number of hydrogen-bond donors (Lipinski definition) is 3. The number of imidazole rings is 1. The van der Waals surface area contributed by atoms with Crippen LogP contribution >= 0.6 is 11.6 Å². The molecule has 0 aromatic carbocycles. The molecule has 10 heteroatoms. The lowest BCUT2D eigenvalue weighted by atomic mass is 10.0. The van der Waals surface area contributed by atoms with E-state index in [1.807, 2.05) is 13.8 Å². The van der Waals surface area contributed by atoms with Gasteiger partial charge in [0.15, 0.2) is 0 Å². The number of nitrogens with one attached hydrogen (secondary N) is 3. The van der Waals surface area contributed by atoms with Crippen LogP contribution in [0.25, 0.3) is 17.0 Å². The minimum atomic E-state index is -1.36. The summed E-state index contributed by atoms with van der Waals surface area (Å²) in [6.45, 7) is 4.61. The Bertz CT molecular complexity index is 1120. The third kappa shape index (κ3) is 5.10. The minimum Gasteiger partial charge on any atom is -0.354 e. The highest BCUT2D eigenvalue weighted by molar-refractivity contribution is 7.83. The van der Waals surface area contributed by atoms with Crippen molar-refractivity contribution in [3.63, 3.8) is 0 Å². The van der Waals surface area contributed by atoms with Crippen molar-refractivity contribution in [3.8, 4) is 11.4 Å². The van der Waals surface area contributed by atoms with Crippen LogP contribution in [-0.4, -0.2) is 36.4 Å². The van der Waals surface area contributed by atoms with E-state index >= 15 is 0 Å². The predicted molar refractivity (Wildman–Crippen MR) is 127 cm³/mol. The van der Waals surface area contributed by atoms with Gasteiger partial charge in [0, 0.05) is 30.0 Å². The number of halogens is 2. The van der Waals surface area contributed by atoms with Gasteiger partial charge in [-0.1, -0.05) is 18.5 Å². The maximum atomic E-state index is 14.4. The van der Waals surface area contributed by atoms with Crippen molar-refractivity contribution in [3.05, 3.63) is 52.5 Å². The maximum absolute atomic E-state index is 14.4. The van der Waals surface area contributed by atoms with Gasteiger partial charge in [-0.3, -0.25) is 0 Å². The molecule has 7 nitrogen and oxygen atoms in total. The SMILES string of the molecule is CCCS(=O)NC1=CC(F)=CCC(c2nc(C3CC3)[nH]c2-c2ccnc(NCC)n2)=C1Cl. The van der Waals surface area contributed by atoms with E-state index in [9.17, 15) is 8.60 Å². The van der Waals surface area contributed by atoms with Crippen molar-refractivity contribution in [1.29, 1.82) is 0 Å². The largest absolute Gasteiger partial charge is 0.354 e. The Morgan fingerprint density at radius 1 is 1.31 bits per heavy atom. The smallest absolute Gasteiger partial charge is 0.223 e. The molecule has 2 aliphatic rings. The van der Waals surface area contributed by atoms with E-state index in [2.05, 4.69) is 25.0 Å². The molecule has 1 unspecified atom stereocenters. The molecule has 0 saturated heterocycles. The highest BCUT2D eigenvalue weighted by Crippen LogP contribution is 2.42. The summed E-state index contributed by atoms with van der Waals surface area (Å²) < 4.78 is 29.6. The first-order valence-corrected chi connectivity index (χ1v) is 12.5. The van der Waals surface area contributed by atoms with Gasteiger partial charge in [-0.25, -0.2) is 23.6 Å². The zero-order chi connectivity index (χ0) is 22.7. The van der Waals surface area contributed by atoms with Crippen LogP contribution < -0.4 is 10.0 Å². The van der Waals surface area contributed by atoms with E-state index < -0.39 is 16.8 Å². The third-order valence-corrected chi connectivity index (χ3v) is 6.78. The first-order chi connectivity index (χ1) is 15.5. The Kier molecular flexibility index (Phi) is 7.05. The standard InChI is InChI=1S/C22H26ClFN6OS/c1-3-11-32(31)30-17-12-14(24)7-8-15(18(17)23)19-20(29-21(28-19)13-5-6-13)16-9-10-26-22(27-16)25-4-2/h7,9-10,12-13,30H,3-6,8,11H2,1-2H3,(H,28,29)(H,25,26,27). The molecule has 0 spiro atoms. The number of hydrogen-bond acceptors (Lipinski definition) is 5. The summed E-state index contributed by atoms with van der Waals surface area (Å²) in [5.41, 5.74) is 2.94. The van der Waals surface area contributed by atoms with Crippen molar-refractivity contribution >= 4 is 34.1 Å². The zero-order valence-electron chi connectivity index (χ0n) is 18.0. The van der Waals surface area contributed by atoms with Gasteiger partial charge in [-0.2, -0.15) is 0 Å². The Balaban J connectivity index is 1.80. The fourth-order valence-electron chi connectivity index (χ4n) is 3.43. The summed E-state index contributed by atoms with van der Waals surface area (Å²) in [7, 11) is -1.36. The van der Waals surface area contributed by atoms with Crippen molar-refractivity contribution in [2.45, 2.75) is 45.4 Å². The van der Waals surface area contributed by atoms with Gasteiger partial charge >= 0.3 is 0 Å². The molecule has 0 radical (unpaired) electrons. The molecule has 1 atom stereocenters. The van der Waals surface area contributed by atoms with E-state index in [4.69, 9.17) is 16.6 Å². The molecule has 32 heavy (non-hydrogen) atoms. The van der Waals surface area contributed by atoms with Crippen LogP contribution in [-0.2, 0) is 11.0 Å². The van der Waals surface area contributed by atoms with Gasteiger partial charge in [-0.05, 0) is 50.8 Å². The van der Waals surface area contributed by atoms with Crippen molar-refractivity contribution in [2.24, 2.45) is 0 Å². The van der Waals surface area contributed by atoms with E-state index in [0.717, 1.165) is 25.1 Å². The second-order valence-electron chi connectivity index (χ2n) is 7.71. The van der Waals surface area contributed by atoms with E-state index in [0.29, 0.717) is 51.9 Å². The van der Waals surface area contributed by atoms with Gasteiger partial charge < -0.3 is 15.0 Å². The van der Waals surface area contributed by atoms with Gasteiger partial charge in [-0.15, -0.1) is 0 Å². The van der Waals surface area contributed by atoms with Gasteiger partial charge in [0.25, 0.3) is 0 Å². The lowest BCUT2D eigenvalue weighted by Crippen LogP contribution is -2.19. The summed E-state index contributed by atoms with van der Waals surface area (Å²) in [6.07, 6.45) is 7.55. The number of H-pyrrole nitrogens is 1. The number of nitrogens with zero attached hydrogens (tertiary/aromatic N) is 3. The van der Waals surface area contributed by atoms with E-state index in [1.54, 1.807) is 12.3 Å². The van der Waals surface area contributed by atoms with Crippen LogP contribution in [0.15, 0.2) is 41.0 Å². The Hall–Kier alpha value is -2.52. The molecule has 1 saturated carbocycles. The predicted octanol–water partition coefficient (Wildman–Crippen LogP) is 4.93. The summed E-state index contributed by atoms with van der Waals surface area (Å²) in [5, 5.41) is 3.42. The number of anilines is 1. The Labute approximate surface area is 194 Å². The van der Waals surface area contributed by atoms with Crippen LogP contribution in [0.2, 0.25) is 0 Å². The lowest BCUT2D eigenvalue weighted by molar-refractivity contribution is 0.661. The summed E-state index contributed by atoms with van der Waals surface area (Å²) in [4.78, 5) is 17.1. The highest BCUT2D eigenvalue weighted by atomic mass is 35.5. The molecule has 0 aliphatic heterocycles. The van der Waals surface area contributed by atoms with E-state index in [1.165, 1.54) is 12.2 Å². The number of aromatic amines is 1. The molecule has 2 aromatic heterocycles. The molecule has 4 rings (SSSR count). The Morgan fingerprint density at radius 3 is 2.84 bits per heavy atom. The highest BCUT2D eigenvalue weighted by Gasteiger charge is 2.30. The van der Waals surface area contributed by atoms with Crippen molar-refractivity contribution < 1.29 is 8.60 Å².